The third-order valence-corrected chi connectivity index (χ3v) is 4.21. The van der Waals surface area contributed by atoms with Crippen LogP contribution in [0.25, 0.3) is 10.9 Å². The van der Waals surface area contributed by atoms with Gasteiger partial charge >= 0.3 is 12.1 Å². The predicted octanol–water partition coefficient (Wildman–Crippen LogP) is 4.10. The van der Waals surface area contributed by atoms with E-state index in [0.717, 1.165) is 15.4 Å². The maximum absolute atomic E-state index is 11.9. The topological polar surface area (TPSA) is 91.4 Å². The zero-order valence-electron chi connectivity index (χ0n) is 13.4. The first-order valence-electron chi connectivity index (χ1n) is 7.25. The average Bonchev–Trinajstić information content (AvgIpc) is 2.73. The number of aromatic nitrogens is 1. The van der Waals surface area contributed by atoms with Gasteiger partial charge in [-0.05, 0) is 32.9 Å². The van der Waals surface area contributed by atoms with Crippen LogP contribution in [0.3, 0.4) is 0 Å². The van der Waals surface area contributed by atoms with Crippen LogP contribution in [-0.2, 0) is 16.0 Å². The summed E-state index contributed by atoms with van der Waals surface area (Å²) < 4.78 is 5.91. The van der Waals surface area contributed by atoms with E-state index < -0.39 is 23.7 Å². The fourth-order valence-electron chi connectivity index (χ4n) is 2.28. The zero-order chi connectivity index (χ0) is 18.1. The molecule has 1 aromatic carbocycles. The Morgan fingerprint density at radius 2 is 2.08 bits per heavy atom. The number of carboxylic acids is 1. The number of rotatable bonds is 4. The largest absolute Gasteiger partial charge is 0.480 e. The lowest BCUT2D eigenvalue weighted by Crippen LogP contribution is -2.44. The highest BCUT2D eigenvalue weighted by Gasteiger charge is 2.26. The summed E-state index contributed by atoms with van der Waals surface area (Å²) in [5.41, 5.74) is 0.683. The molecule has 0 bridgehead atoms. The Hall–Kier alpha value is -1.73. The highest BCUT2D eigenvalue weighted by atomic mass is 79.9. The molecule has 8 heteroatoms. The van der Waals surface area contributed by atoms with Crippen LogP contribution in [0.1, 0.15) is 26.3 Å². The van der Waals surface area contributed by atoms with Crippen molar-refractivity contribution in [1.29, 1.82) is 0 Å². The Bertz CT molecular complexity index is 782. The first kappa shape index (κ1) is 18.6. The molecule has 0 aliphatic rings. The summed E-state index contributed by atoms with van der Waals surface area (Å²) in [5, 5.41) is 12.9. The Morgan fingerprint density at radius 3 is 2.67 bits per heavy atom. The van der Waals surface area contributed by atoms with Crippen molar-refractivity contribution < 1.29 is 19.4 Å². The Morgan fingerprint density at radius 1 is 1.42 bits per heavy atom. The molecule has 1 atom stereocenters. The number of aliphatic carboxylic acids is 1. The standard InChI is InChI=1S/C16H18BrClN2O4/c1-16(2,3)24-15(23)20-11(14(21)22)7-8-12-9(17)5-4-6-10(12)19-13(8)18/h4-6,11,19H,7H2,1-3H3,(H,20,23)(H,21,22). The van der Waals surface area contributed by atoms with Crippen molar-refractivity contribution in [3.8, 4) is 0 Å². The molecule has 0 fully saturated rings. The maximum Gasteiger partial charge on any atom is 0.408 e. The summed E-state index contributed by atoms with van der Waals surface area (Å²) in [4.78, 5) is 26.4. The van der Waals surface area contributed by atoms with Gasteiger partial charge in [-0.1, -0.05) is 33.6 Å². The van der Waals surface area contributed by atoms with Crippen molar-refractivity contribution in [2.45, 2.75) is 38.8 Å². The van der Waals surface area contributed by atoms with Crippen molar-refractivity contribution >= 4 is 50.5 Å². The zero-order valence-corrected chi connectivity index (χ0v) is 15.8. The van der Waals surface area contributed by atoms with Crippen LogP contribution in [0.4, 0.5) is 4.79 Å². The van der Waals surface area contributed by atoms with E-state index in [9.17, 15) is 14.7 Å². The van der Waals surface area contributed by atoms with Crippen LogP contribution >= 0.6 is 27.5 Å². The average molecular weight is 418 g/mol. The van der Waals surface area contributed by atoms with E-state index in [1.165, 1.54) is 0 Å². The number of H-pyrrole nitrogens is 1. The number of halogens is 2. The van der Waals surface area contributed by atoms with E-state index in [1.807, 2.05) is 18.2 Å². The Kier molecular flexibility index (Phi) is 5.45. The first-order valence-corrected chi connectivity index (χ1v) is 8.42. The minimum atomic E-state index is -1.17. The Balaban J connectivity index is 2.27. The SMILES string of the molecule is CC(C)(C)OC(=O)NC(Cc1c(Cl)[nH]c2cccc(Br)c12)C(=O)O. The number of amides is 1. The van der Waals surface area contributed by atoms with Crippen molar-refractivity contribution in [3.63, 3.8) is 0 Å². The maximum atomic E-state index is 11.9. The minimum Gasteiger partial charge on any atom is -0.480 e. The van der Waals surface area contributed by atoms with Gasteiger partial charge in [0, 0.05) is 27.4 Å². The van der Waals surface area contributed by atoms with Crippen molar-refractivity contribution in [2.75, 3.05) is 0 Å². The molecule has 2 aromatic rings. The lowest BCUT2D eigenvalue weighted by Gasteiger charge is -2.22. The molecule has 1 unspecified atom stereocenters. The molecule has 1 aromatic heterocycles. The third kappa shape index (κ3) is 4.42. The molecule has 0 radical (unpaired) electrons. The molecule has 24 heavy (non-hydrogen) atoms. The number of ether oxygens (including phenoxy) is 1. The highest BCUT2D eigenvalue weighted by molar-refractivity contribution is 9.10. The Labute approximate surface area is 152 Å². The van der Waals surface area contributed by atoms with Gasteiger partial charge in [0.15, 0.2) is 0 Å². The first-order chi connectivity index (χ1) is 11.1. The van der Waals surface area contributed by atoms with Crippen LogP contribution in [0, 0.1) is 0 Å². The summed E-state index contributed by atoms with van der Waals surface area (Å²) in [7, 11) is 0. The van der Waals surface area contributed by atoms with Gasteiger partial charge in [-0.2, -0.15) is 0 Å². The summed E-state index contributed by atoms with van der Waals surface area (Å²) in [6, 6.07) is 4.36. The van der Waals surface area contributed by atoms with Gasteiger partial charge < -0.3 is 20.1 Å². The molecule has 0 aliphatic heterocycles. The van der Waals surface area contributed by atoms with Gasteiger partial charge in [-0.15, -0.1) is 0 Å². The molecule has 1 amide bonds. The van der Waals surface area contributed by atoms with E-state index in [1.54, 1.807) is 20.8 Å². The van der Waals surface area contributed by atoms with Crippen LogP contribution in [0.2, 0.25) is 5.15 Å². The second-order valence-corrected chi connectivity index (χ2v) is 7.55. The number of alkyl carbamates (subject to hydrolysis) is 1. The molecule has 1 heterocycles. The molecule has 130 valence electrons. The van der Waals surface area contributed by atoms with Gasteiger partial charge in [-0.25, -0.2) is 9.59 Å². The van der Waals surface area contributed by atoms with E-state index in [0.29, 0.717) is 10.7 Å². The highest BCUT2D eigenvalue weighted by Crippen LogP contribution is 2.33. The molecular weight excluding hydrogens is 400 g/mol. The second-order valence-electron chi connectivity index (χ2n) is 6.32. The van der Waals surface area contributed by atoms with Gasteiger partial charge in [0.25, 0.3) is 0 Å². The lowest BCUT2D eigenvalue weighted by molar-refractivity contribution is -0.139. The monoisotopic (exact) mass is 416 g/mol. The molecule has 6 nitrogen and oxygen atoms in total. The molecular formula is C16H18BrClN2O4. The quantitative estimate of drug-likeness (QED) is 0.698. The molecule has 0 aliphatic carbocycles. The van der Waals surface area contributed by atoms with Gasteiger partial charge in [-0.3, -0.25) is 0 Å². The molecule has 0 spiro atoms. The molecule has 0 saturated carbocycles. The van der Waals surface area contributed by atoms with Gasteiger partial charge in [0.1, 0.15) is 16.8 Å². The van der Waals surface area contributed by atoms with E-state index in [-0.39, 0.29) is 6.42 Å². The number of nitrogens with one attached hydrogen (secondary N) is 2. The van der Waals surface area contributed by atoms with E-state index >= 15 is 0 Å². The van der Waals surface area contributed by atoms with Crippen molar-refractivity contribution in [1.82, 2.24) is 10.3 Å². The van der Waals surface area contributed by atoms with Crippen LogP contribution in [0.5, 0.6) is 0 Å². The smallest absolute Gasteiger partial charge is 0.408 e. The number of hydrogen-bond donors (Lipinski definition) is 3. The van der Waals surface area contributed by atoms with E-state index in [4.69, 9.17) is 16.3 Å². The summed E-state index contributed by atoms with van der Waals surface area (Å²) in [6.45, 7) is 5.11. The minimum absolute atomic E-state index is 0.0238. The fourth-order valence-corrected chi connectivity index (χ4v) is 3.16. The summed E-state index contributed by atoms with van der Waals surface area (Å²) in [5.74, 6) is -1.17. The van der Waals surface area contributed by atoms with Crippen molar-refractivity contribution in [3.05, 3.63) is 33.4 Å². The van der Waals surface area contributed by atoms with Crippen LogP contribution < -0.4 is 5.32 Å². The lowest BCUT2D eigenvalue weighted by atomic mass is 10.1. The molecule has 3 N–H and O–H groups in total. The molecule has 2 rings (SSSR count). The number of fused-ring (bicyclic) bond motifs is 1. The number of benzene rings is 1. The number of carbonyl (C=O) groups excluding carboxylic acids is 1. The molecule has 0 saturated heterocycles. The predicted molar refractivity (Wildman–Crippen MR) is 95.5 cm³/mol. The number of carboxylic acid groups (broad SMARTS) is 1. The van der Waals surface area contributed by atoms with Crippen molar-refractivity contribution in [2.24, 2.45) is 0 Å². The normalized spacial score (nSPS) is 12.9. The number of hydrogen-bond acceptors (Lipinski definition) is 3. The summed E-state index contributed by atoms with van der Waals surface area (Å²) in [6.07, 6.45) is -0.763. The van der Waals surface area contributed by atoms with Crippen LogP contribution in [-0.4, -0.2) is 33.8 Å². The van der Waals surface area contributed by atoms with Gasteiger partial charge in [0.05, 0.1) is 0 Å². The number of carbonyl (C=O) groups is 2. The van der Waals surface area contributed by atoms with E-state index in [2.05, 4.69) is 26.2 Å². The third-order valence-electron chi connectivity index (χ3n) is 3.22. The summed E-state index contributed by atoms with van der Waals surface area (Å²) >= 11 is 9.66. The van der Waals surface area contributed by atoms with Crippen LogP contribution in [0.15, 0.2) is 22.7 Å². The second kappa shape index (κ2) is 7.03. The number of aromatic amines is 1. The van der Waals surface area contributed by atoms with Gasteiger partial charge in [0.2, 0.25) is 0 Å². The fraction of sp³-hybridized carbons (Fsp3) is 0.375.